The van der Waals surface area contributed by atoms with E-state index < -0.39 is 24.3 Å². The van der Waals surface area contributed by atoms with Gasteiger partial charge in [-0.15, -0.1) is 0 Å². The Labute approximate surface area is 350 Å². The number of carbonyl (C=O) groups excluding carboxylic acids is 4. The van der Waals surface area contributed by atoms with Gasteiger partial charge in [0, 0.05) is 23.2 Å². The van der Waals surface area contributed by atoms with E-state index in [9.17, 15) is 19.2 Å². The van der Waals surface area contributed by atoms with Gasteiger partial charge in [0.05, 0.1) is 50.1 Å². The lowest BCUT2D eigenvalue weighted by molar-refractivity contribution is -0.137. The predicted molar refractivity (Wildman–Crippen MR) is 224 cm³/mol. The highest BCUT2D eigenvalue weighted by Gasteiger charge is 2.57. The summed E-state index contributed by atoms with van der Waals surface area (Å²) in [4.78, 5) is 72.0. The molecule has 2 aliphatic carbocycles. The van der Waals surface area contributed by atoms with Crippen molar-refractivity contribution in [2.75, 3.05) is 14.2 Å². The van der Waals surface area contributed by atoms with Gasteiger partial charge in [0.15, 0.2) is 0 Å². The highest BCUT2D eigenvalue weighted by molar-refractivity contribution is 5.88. The largest absolute Gasteiger partial charge is 0.453 e. The summed E-state index contributed by atoms with van der Waals surface area (Å²) in [5.74, 6) is 8.70. The Balaban J connectivity index is 0.939. The monoisotopic (exact) mass is 814 g/mol. The van der Waals surface area contributed by atoms with Crippen molar-refractivity contribution in [1.82, 2.24) is 40.4 Å². The van der Waals surface area contributed by atoms with Crippen LogP contribution in [0.2, 0.25) is 0 Å². The van der Waals surface area contributed by atoms with Gasteiger partial charge in [-0.1, -0.05) is 51.7 Å². The lowest BCUT2D eigenvalue weighted by atomic mass is 10.0. The van der Waals surface area contributed by atoms with Crippen molar-refractivity contribution in [2.45, 2.75) is 103 Å². The molecule has 4 aromatic rings. The summed E-state index contributed by atoms with van der Waals surface area (Å²) in [5.41, 5.74) is 7.57. The second kappa shape index (κ2) is 16.2. The zero-order valence-electron chi connectivity index (χ0n) is 35.5. The second-order valence-corrected chi connectivity index (χ2v) is 17.5. The maximum atomic E-state index is 13.8. The van der Waals surface area contributed by atoms with Crippen LogP contribution in [0, 0.1) is 49.4 Å². The van der Waals surface area contributed by atoms with Crippen LogP contribution >= 0.6 is 0 Å². The van der Waals surface area contributed by atoms with Gasteiger partial charge in [0.1, 0.15) is 23.7 Å². The number of carbonyl (C=O) groups is 4. The molecule has 2 saturated heterocycles. The van der Waals surface area contributed by atoms with Crippen LogP contribution in [0.15, 0.2) is 48.8 Å². The zero-order valence-corrected chi connectivity index (χ0v) is 35.5. The number of rotatable bonds is 10. The van der Waals surface area contributed by atoms with Crippen LogP contribution in [0.4, 0.5) is 9.59 Å². The maximum Gasteiger partial charge on any atom is 0.407 e. The molecule has 314 valence electrons. The maximum absolute atomic E-state index is 13.8. The average Bonchev–Trinajstić information content (AvgIpc) is 3.81. The zero-order chi connectivity index (χ0) is 42.6. The Morgan fingerprint density at radius 2 is 1.07 bits per heavy atom. The SMILES string of the molecule is COC(=O)N[C@H](C(=O)N1C(c2ncc(-c3ccc(C#Cc4ccc(-c5cnc([C@@H]6CC7CC7N6C(=O)[C@@H](NC(=O)OC)C(C)C)[nH]5)cc4C)c(C)c3)[nH]2)CC2CC21)C(C)C. The number of aromatic amines is 2. The summed E-state index contributed by atoms with van der Waals surface area (Å²) in [5, 5.41) is 5.47. The van der Waals surface area contributed by atoms with Gasteiger partial charge in [-0.25, -0.2) is 19.6 Å². The van der Waals surface area contributed by atoms with Gasteiger partial charge in [0.25, 0.3) is 0 Å². The number of hydrogen-bond acceptors (Lipinski definition) is 8. The van der Waals surface area contributed by atoms with Gasteiger partial charge in [-0.05, 0) is 110 Å². The van der Waals surface area contributed by atoms with E-state index in [1.54, 1.807) is 0 Å². The topological polar surface area (TPSA) is 175 Å². The third kappa shape index (κ3) is 7.85. The molecule has 0 bridgehead atoms. The number of piperidine rings is 2. The Morgan fingerprint density at radius 1 is 0.667 bits per heavy atom. The lowest BCUT2D eigenvalue weighted by Gasteiger charge is -2.31. The normalized spacial score (nSPS) is 23.3. The van der Waals surface area contributed by atoms with E-state index in [2.05, 4.69) is 44.6 Å². The van der Waals surface area contributed by atoms with Gasteiger partial charge in [-0.2, -0.15) is 0 Å². The number of ether oxygens (including phenoxy) is 2. The van der Waals surface area contributed by atoms with E-state index >= 15 is 0 Å². The van der Waals surface area contributed by atoms with Crippen LogP contribution in [-0.4, -0.2) is 92.1 Å². The van der Waals surface area contributed by atoms with Crippen LogP contribution in [0.5, 0.6) is 0 Å². The minimum atomic E-state index is -0.682. The number of aromatic nitrogens is 4. The Hall–Kier alpha value is -6.10. The molecular weight excluding hydrogens is 761 g/mol. The number of nitrogens with one attached hydrogen (secondary N) is 4. The standard InChI is InChI=1S/C46H54N8O6/c1-23(2)39(51-45(57)59-7)43(55)53-35-17-31(35)19-37(53)41-47-21-33(49-41)29-13-11-27(25(5)15-29)9-10-28-12-14-30(16-26(28)6)34-22-48-42(50-34)38-20-32-18-36(32)54(38)44(56)40(24(3)4)52-46(58)60-8/h11-16,21-24,31-32,35-40H,17-20H2,1-8H3,(H,47,49)(H,48,50)(H,51,57)(H,52,58)/t31?,32?,35?,36?,37-,38?,39-,40-/m0/s1. The third-order valence-electron chi connectivity index (χ3n) is 12.7. The molecule has 60 heavy (non-hydrogen) atoms. The number of methoxy groups -OCH3 is 2. The van der Waals surface area contributed by atoms with Gasteiger partial charge in [0.2, 0.25) is 11.8 Å². The Kier molecular flexibility index (Phi) is 11.0. The van der Waals surface area contributed by atoms with Gasteiger partial charge in [-0.3, -0.25) is 9.59 Å². The fraction of sp³-hybridized carbons (Fsp3) is 0.478. The molecule has 2 aromatic heterocycles. The van der Waals surface area contributed by atoms with Crippen molar-refractivity contribution in [1.29, 1.82) is 0 Å². The molecule has 2 saturated carbocycles. The van der Waals surface area contributed by atoms with E-state index in [1.165, 1.54) is 14.2 Å². The number of hydrogen-bond donors (Lipinski definition) is 4. The first-order valence-corrected chi connectivity index (χ1v) is 20.9. The van der Waals surface area contributed by atoms with Crippen molar-refractivity contribution < 1.29 is 28.7 Å². The molecule has 4 N–H and O–H groups in total. The smallest absolute Gasteiger partial charge is 0.407 e. The molecule has 2 aromatic carbocycles. The van der Waals surface area contributed by atoms with Crippen molar-refractivity contribution in [2.24, 2.45) is 23.7 Å². The van der Waals surface area contributed by atoms with E-state index in [-0.39, 0.29) is 47.8 Å². The predicted octanol–water partition coefficient (Wildman–Crippen LogP) is 6.57. The number of likely N-dealkylation sites (tertiary alicyclic amines) is 2. The van der Waals surface area contributed by atoms with Crippen LogP contribution in [0.1, 0.15) is 99.4 Å². The minimum Gasteiger partial charge on any atom is -0.453 e. The summed E-state index contributed by atoms with van der Waals surface area (Å²) in [6.45, 7) is 11.8. The number of alkyl carbamates (subject to hydrolysis) is 2. The Bertz CT molecular complexity index is 2230. The fourth-order valence-electron chi connectivity index (χ4n) is 9.14. The molecule has 8 rings (SSSR count). The number of nitrogens with zero attached hydrogens (tertiary/aromatic N) is 4. The molecule has 2 aliphatic heterocycles. The third-order valence-corrected chi connectivity index (χ3v) is 12.7. The molecule has 4 heterocycles. The average molecular weight is 815 g/mol. The van der Waals surface area contributed by atoms with Crippen LogP contribution < -0.4 is 10.6 Å². The van der Waals surface area contributed by atoms with Crippen molar-refractivity contribution >= 4 is 24.0 Å². The van der Waals surface area contributed by atoms with Gasteiger partial charge >= 0.3 is 12.2 Å². The molecule has 4 fully saturated rings. The molecule has 14 nitrogen and oxygen atoms in total. The number of benzene rings is 2. The van der Waals surface area contributed by atoms with Crippen LogP contribution in [0.25, 0.3) is 22.5 Å². The van der Waals surface area contributed by atoms with Crippen LogP contribution in [-0.2, 0) is 19.1 Å². The molecule has 4 aliphatic rings. The second-order valence-electron chi connectivity index (χ2n) is 17.5. The highest BCUT2D eigenvalue weighted by atomic mass is 16.5. The summed E-state index contributed by atoms with van der Waals surface area (Å²) >= 11 is 0. The fourth-order valence-corrected chi connectivity index (χ4v) is 9.14. The van der Waals surface area contributed by atoms with Gasteiger partial charge < -0.3 is 39.9 Å². The van der Waals surface area contributed by atoms with E-state index in [0.29, 0.717) is 11.8 Å². The Morgan fingerprint density at radius 3 is 1.42 bits per heavy atom. The summed E-state index contributed by atoms with van der Waals surface area (Å²) in [6, 6.07) is 10.9. The van der Waals surface area contributed by atoms with E-state index in [4.69, 9.17) is 19.4 Å². The lowest BCUT2D eigenvalue weighted by Crippen LogP contribution is -2.52. The van der Waals surface area contributed by atoms with Crippen LogP contribution in [0.3, 0.4) is 0 Å². The summed E-state index contributed by atoms with van der Waals surface area (Å²) in [7, 11) is 2.60. The quantitative estimate of drug-likeness (QED) is 0.130. The number of amides is 4. The number of H-pyrrole nitrogens is 2. The van der Waals surface area contributed by atoms with Crippen molar-refractivity contribution in [3.63, 3.8) is 0 Å². The number of fused-ring (bicyclic) bond motifs is 2. The first-order valence-electron chi connectivity index (χ1n) is 20.9. The minimum absolute atomic E-state index is 0.102. The molecule has 0 spiro atoms. The molecule has 4 amide bonds. The summed E-state index contributed by atoms with van der Waals surface area (Å²) < 4.78 is 9.60. The van der Waals surface area contributed by atoms with E-state index in [0.717, 1.165) is 82.1 Å². The molecule has 14 heteroatoms. The molecule has 5 unspecified atom stereocenters. The molecule has 8 atom stereocenters. The summed E-state index contributed by atoms with van der Waals surface area (Å²) in [6.07, 6.45) is 6.03. The first-order chi connectivity index (χ1) is 28.8. The van der Waals surface area contributed by atoms with Crippen molar-refractivity contribution in [3.8, 4) is 34.4 Å². The highest BCUT2D eigenvalue weighted by Crippen LogP contribution is 2.54. The van der Waals surface area contributed by atoms with Crippen molar-refractivity contribution in [3.05, 3.63) is 82.7 Å². The first kappa shape index (κ1) is 40.7. The molecular formula is C46H54N8O6. The number of imidazole rings is 2. The van der Waals surface area contributed by atoms with E-state index in [1.807, 2.05) is 88.0 Å². The molecule has 0 radical (unpaired) electrons. The number of aryl methyl sites for hydroxylation is 2.